The van der Waals surface area contributed by atoms with Crippen LogP contribution in [0.5, 0.6) is 5.75 Å². The Labute approximate surface area is 195 Å². The second-order valence-corrected chi connectivity index (χ2v) is 12.1. The number of rotatable bonds is 4. The number of hydrogen-bond acceptors (Lipinski definition) is 5. The zero-order valence-corrected chi connectivity index (χ0v) is 20.7. The molecule has 164 valence electrons. The number of thioether (sulfide) groups is 1. The van der Waals surface area contributed by atoms with Crippen LogP contribution in [0.1, 0.15) is 16.7 Å². The molecule has 2 fully saturated rings. The molecule has 0 spiro atoms. The second kappa shape index (κ2) is 8.60. The van der Waals surface area contributed by atoms with Crippen LogP contribution in [0.3, 0.4) is 0 Å². The predicted octanol–water partition coefficient (Wildman–Crippen LogP) is 3.92. The van der Waals surface area contributed by atoms with Crippen LogP contribution in [0, 0.1) is 13.8 Å². The van der Waals surface area contributed by atoms with E-state index in [1.165, 1.54) is 11.8 Å². The van der Waals surface area contributed by atoms with Gasteiger partial charge in [0.15, 0.2) is 15.0 Å². The lowest BCUT2D eigenvalue weighted by atomic mass is 10.1. The van der Waals surface area contributed by atoms with Crippen molar-refractivity contribution in [2.45, 2.75) is 31.6 Å². The molecule has 2 aliphatic rings. The van der Waals surface area contributed by atoms with Crippen molar-refractivity contribution in [2.75, 3.05) is 23.5 Å². The Morgan fingerprint density at radius 2 is 1.84 bits per heavy atom. The van der Waals surface area contributed by atoms with Gasteiger partial charge in [0.1, 0.15) is 5.75 Å². The third-order valence-electron chi connectivity index (χ3n) is 5.50. The SMILES string of the molecule is COc1ccc(CC(=O)N=C2S[C@H]3CS(=O)(=O)C[C@H]3N2c2c(C)cc(Br)cc2C)cc1. The molecule has 1 amide bonds. The highest BCUT2D eigenvalue weighted by molar-refractivity contribution is 9.10. The lowest BCUT2D eigenvalue weighted by Gasteiger charge is -2.28. The standard InChI is InChI=1S/C22H23BrN2O4S2/c1-13-8-16(23)9-14(2)21(13)25-18-11-31(27,28)12-19(18)30-22(25)24-20(26)10-15-4-6-17(29-3)7-5-15/h4-9,18-19H,10-12H2,1-3H3/t18-,19+/m1/s1. The van der Waals surface area contributed by atoms with Gasteiger partial charge in [-0.3, -0.25) is 4.79 Å². The highest BCUT2D eigenvalue weighted by Crippen LogP contribution is 2.43. The van der Waals surface area contributed by atoms with Crippen molar-refractivity contribution in [1.29, 1.82) is 0 Å². The number of ether oxygens (including phenoxy) is 1. The number of aryl methyl sites for hydroxylation is 2. The van der Waals surface area contributed by atoms with E-state index in [0.29, 0.717) is 5.17 Å². The number of fused-ring (bicyclic) bond motifs is 1. The minimum atomic E-state index is -3.11. The first-order chi connectivity index (χ1) is 14.7. The van der Waals surface area contributed by atoms with Gasteiger partial charge in [0, 0.05) is 15.4 Å². The Kier molecular flexibility index (Phi) is 6.20. The van der Waals surface area contributed by atoms with Gasteiger partial charge in [0.25, 0.3) is 5.91 Å². The first-order valence-corrected chi connectivity index (χ1v) is 13.3. The van der Waals surface area contributed by atoms with Crippen molar-refractivity contribution >= 4 is 54.3 Å². The molecule has 2 aromatic carbocycles. The van der Waals surface area contributed by atoms with Gasteiger partial charge in [-0.2, -0.15) is 4.99 Å². The molecule has 0 N–H and O–H groups in total. The lowest BCUT2D eigenvalue weighted by molar-refractivity contribution is -0.117. The third kappa shape index (κ3) is 4.68. The predicted molar refractivity (Wildman–Crippen MR) is 129 cm³/mol. The molecule has 6 nitrogen and oxygen atoms in total. The average molecular weight is 523 g/mol. The fourth-order valence-corrected chi connectivity index (χ4v) is 8.78. The number of methoxy groups -OCH3 is 1. The maximum Gasteiger partial charge on any atom is 0.252 e. The van der Waals surface area contributed by atoms with E-state index in [9.17, 15) is 13.2 Å². The molecule has 0 radical (unpaired) electrons. The first kappa shape index (κ1) is 22.4. The molecule has 31 heavy (non-hydrogen) atoms. The van der Waals surface area contributed by atoms with E-state index in [0.717, 1.165) is 32.6 Å². The van der Waals surface area contributed by atoms with Crippen LogP contribution in [0.4, 0.5) is 5.69 Å². The number of hydrogen-bond donors (Lipinski definition) is 0. The van der Waals surface area contributed by atoms with Crippen LogP contribution in [-0.2, 0) is 21.1 Å². The molecule has 4 rings (SSSR count). The van der Waals surface area contributed by atoms with Crippen molar-refractivity contribution < 1.29 is 17.9 Å². The highest BCUT2D eigenvalue weighted by Gasteiger charge is 2.50. The summed E-state index contributed by atoms with van der Waals surface area (Å²) in [6.07, 6.45) is 0.174. The van der Waals surface area contributed by atoms with Crippen molar-refractivity contribution in [3.05, 3.63) is 57.6 Å². The normalized spacial score (nSPS) is 23.2. The van der Waals surface area contributed by atoms with Crippen molar-refractivity contribution in [1.82, 2.24) is 0 Å². The van der Waals surface area contributed by atoms with Gasteiger partial charge in [0.2, 0.25) is 0 Å². The van der Waals surface area contributed by atoms with E-state index in [1.54, 1.807) is 7.11 Å². The molecule has 0 aromatic heterocycles. The number of nitrogens with zero attached hydrogens (tertiary/aromatic N) is 2. The zero-order chi connectivity index (χ0) is 22.3. The molecule has 9 heteroatoms. The summed E-state index contributed by atoms with van der Waals surface area (Å²) < 4.78 is 30.7. The molecule has 2 aliphatic heterocycles. The van der Waals surface area contributed by atoms with Crippen LogP contribution in [0.2, 0.25) is 0 Å². The quantitative estimate of drug-likeness (QED) is 0.605. The smallest absolute Gasteiger partial charge is 0.252 e. The van der Waals surface area contributed by atoms with E-state index in [-0.39, 0.29) is 35.1 Å². The molecule has 2 atom stereocenters. The van der Waals surface area contributed by atoms with Crippen molar-refractivity contribution in [3.63, 3.8) is 0 Å². The Morgan fingerprint density at radius 1 is 1.19 bits per heavy atom. The number of sulfone groups is 1. The van der Waals surface area contributed by atoms with Gasteiger partial charge in [-0.15, -0.1) is 0 Å². The van der Waals surface area contributed by atoms with Crippen LogP contribution >= 0.6 is 27.7 Å². The van der Waals surface area contributed by atoms with Gasteiger partial charge >= 0.3 is 0 Å². The monoisotopic (exact) mass is 522 g/mol. The van der Waals surface area contributed by atoms with E-state index in [2.05, 4.69) is 20.9 Å². The number of carbonyl (C=O) groups is 1. The molecule has 2 saturated heterocycles. The molecular weight excluding hydrogens is 500 g/mol. The molecule has 2 heterocycles. The number of carbonyl (C=O) groups excluding carboxylic acids is 1. The molecular formula is C22H23BrN2O4S2. The van der Waals surface area contributed by atoms with Gasteiger partial charge in [-0.05, 0) is 54.8 Å². The Hall–Kier alpha value is -1.84. The minimum Gasteiger partial charge on any atom is -0.497 e. The summed E-state index contributed by atoms with van der Waals surface area (Å²) >= 11 is 4.92. The van der Waals surface area contributed by atoms with Gasteiger partial charge in [-0.25, -0.2) is 8.42 Å². The summed E-state index contributed by atoms with van der Waals surface area (Å²) in [5.74, 6) is 0.660. The average Bonchev–Trinajstić information content (AvgIpc) is 3.13. The first-order valence-electron chi connectivity index (χ1n) is 9.84. The van der Waals surface area contributed by atoms with Gasteiger partial charge in [-0.1, -0.05) is 39.8 Å². The summed E-state index contributed by atoms with van der Waals surface area (Å²) in [7, 11) is -1.51. The number of amides is 1. The number of halogens is 1. The second-order valence-electron chi connectivity index (χ2n) is 7.87. The van der Waals surface area contributed by atoms with E-state index in [4.69, 9.17) is 4.74 Å². The van der Waals surface area contributed by atoms with Crippen LogP contribution < -0.4 is 9.64 Å². The number of anilines is 1. The fourth-order valence-electron chi connectivity index (χ4n) is 4.17. The Balaban J connectivity index is 1.67. The molecule has 2 aromatic rings. The minimum absolute atomic E-state index is 0.0747. The summed E-state index contributed by atoms with van der Waals surface area (Å²) in [4.78, 5) is 19.2. The van der Waals surface area contributed by atoms with Crippen LogP contribution in [0.15, 0.2) is 45.9 Å². The maximum atomic E-state index is 12.8. The molecule has 0 saturated carbocycles. The number of amidine groups is 1. The Morgan fingerprint density at radius 3 is 2.45 bits per heavy atom. The molecule has 0 aliphatic carbocycles. The molecule has 0 bridgehead atoms. The zero-order valence-electron chi connectivity index (χ0n) is 17.5. The highest BCUT2D eigenvalue weighted by atomic mass is 79.9. The largest absolute Gasteiger partial charge is 0.497 e. The van der Waals surface area contributed by atoms with Crippen molar-refractivity contribution in [2.24, 2.45) is 4.99 Å². The maximum absolute atomic E-state index is 12.8. The van der Waals surface area contributed by atoms with E-state index < -0.39 is 9.84 Å². The van der Waals surface area contributed by atoms with Crippen LogP contribution in [0.25, 0.3) is 0 Å². The van der Waals surface area contributed by atoms with Gasteiger partial charge in [0.05, 0.1) is 31.1 Å². The fraction of sp³-hybridized carbons (Fsp3) is 0.364. The number of benzene rings is 2. The summed E-state index contributed by atoms with van der Waals surface area (Å²) in [6.45, 7) is 3.98. The summed E-state index contributed by atoms with van der Waals surface area (Å²) in [6, 6.07) is 11.1. The van der Waals surface area contributed by atoms with Crippen LogP contribution in [-0.4, -0.2) is 49.4 Å². The topological polar surface area (TPSA) is 76.0 Å². The lowest BCUT2D eigenvalue weighted by Crippen LogP contribution is -2.38. The van der Waals surface area contributed by atoms with Crippen molar-refractivity contribution in [3.8, 4) is 5.75 Å². The van der Waals surface area contributed by atoms with E-state index >= 15 is 0 Å². The van der Waals surface area contributed by atoms with E-state index in [1.807, 2.05) is 55.1 Å². The number of aliphatic imine (C=N–C) groups is 1. The summed E-state index contributed by atoms with van der Waals surface area (Å²) in [5.41, 5.74) is 3.79. The molecule has 0 unspecified atom stereocenters. The third-order valence-corrected chi connectivity index (χ3v) is 9.17. The van der Waals surface area contributed by atoms with Gasteiger partial charge < -0.3 is 9.64 Å². The Bertz CT molecular complexity index is 1140. The summed E-state index contributed by atoms with van der Waals surface area (Å²) in [5, 5.41) is 0.455.